The van der Waals surface area contributed by atoms with E-state index < -0.39 is 0 Å². The zero-order valence-corrected chi connectivity index (χ0v) is 12.6. The smallest absolute Gasteiger partial charge is 0.257 e. The Morgan fingerprint density at radius 3 is 2.78 bits per heavy atom. The van der Waals surface area contributed by atoms with Crippen LogP contribution in [0.3, 0.4) is 0 Å². The van der Waals surface area contributed by atoms with Gasteiger partial charge in [0.15, 0.2) is 0 Å². The predicted octanol–water partition coefficient (Wildman–Crippen LogP) is 2.56. The van der Waals surface area contributed by atoms with Crippen LogP contribution in [0.4, 0.5) is 5.69 Å². The molecular formula is C17H16N4O2. The molecule has 116 valence electrons. The average molecular weight is 308 g/mol. The van der Waals surface area contributed by atoms with Crippen molar-refractivity contribution in [1.82, 2.24) is 15.5 Å². The first-order chi connectivity index (χ1) is 11.2. The summed E-state index contributed by atoms with van der Waals surface area (Å²) in [6, 6.07) is 12.2. The Morgan fingerprint density at radius 1 is 1.13 bits per heavy atom. The van der Waals surface area contributed by atoms with Crippen molar-refractivity contribution in [3.63, 3.8) is 0 Å². The number of nitrogens with one attached hydrogen (secondary N) is 3. The minimum atomic E-state index is -0.257. The Kier molecular flexibility index (Phi) is 4.05. The molecule has 1 aromatic heterocycles. The number of fused-ring (bicyclic) bond motifs is 1. The molecule has 3 aromatic rings. The van der Waals surface area contributed by atoms with Crippen LogP contribution in [0.1, 0.15) is 27.6 Å². The van der Waals surface area contributed by atoms with Crippen molar-refractivity contribution in [2.75, 3.05) is 11.9 Å². The van der Waals surface area contributed by atoms with Crippen LogP contribution < -0.4 is 10.6 Å². The van der Waals surface area contributed by atoms with Crippen molar-refractivity contribution < 1.29 is 9.59 Å². The van der Waals surface area contributed by atoms with E-state index in [0.29, 0.717) is 28.9 Å². The van der Waals surface area contributed by atoms with E-state index in [4.69, 9.17) is 0 Å². The van der Waals surface area contributed by atoms with Crippen molar-refractivity contribution >= 4 is 28.4 Å². The first-order valence-electron chi connectivity index (χ1n) is 7.30. The topological polar surface area (TPSA) is 86.9 Å². The third-order valence-corrected chi connectivity index (χ3v) is 3.44. The molecule has 0 spiro atoms. The highest BCUT2D eigenvalue weighted by Gasteiger charge is 2.12. The van der Waals surface area contributed by atoms with E-state index in [9.17, 15) is 9.59 Å². The van der Waals surface area contributed by atoms with Gasteiger partial charge in [-0.1, -0.05) is 18.2 Å². The molecule has 6 nitrogen and oxygen atoms in total. The molecule has 0 unspecified atom stereocenters. The van der Waals surface area contributed by atoms with Gasteiger partial charge in [0.05, 0.1) is 17.3 Å². The molecular weight excluding hydrogens is 292 g/mol. The number of aromatic nitrogens is 2. The Hall–Kier alpha value is -3.15. The zero-order valence-electron chi connectivity index (χ0n) is 12.6. The van der Waals surface area contributed by atoms with Crippen molar-refractivity contribution in [2.24, 2.45) is 0 Å². The maximum Gasteiger partial charge on any atom is 0.257 e. The fourth-order valence-electron chi connectivity index (χ4n) is 2.36. The summed E-state index contributed by atoms with van der Waals surface area (Å²) >= 11 is 0. The molecule has 0 saturated heterocycles. The molecule has 3 N–H and O–H groups in total. The molecule has 0 aliphatic rings. The molecule has 0 radical (unpaired) electrons. The van der Waals surface area contributed by atoms with Crippen LogP contribution >= 0.6 is 0 Å². The summed E-state index contributed by atoms with van der Waals surface area (Å²) in [6.07, 6.45) is 1.67. The highest BCUT2D eigenvalue weighted by Crippen LogP contribution is 2.18. The number of carbonyl (C=O) groups is 2. The SMILES string of the molecule is CCNC(=O)c1cccc(NC(=O)c2cccc3cn[nH]c23)c1. The third kappa shape index (κ3) is 3.06. The molecule has 23 heavy (non-hydrogen) atoms. The van der Waals surface area contributed by atoms with Gasteiger partial charge in [-0.15, -0.1) is 0 Å². The Morgan fingerprint density at radius 2 is 1.96 bits per heavy atom. The second-order valence-corrected chi connectivity index (χ2v) is 5.03. The van der Waals surface area contributed by atoms with Gasteiger partial charge in [-0.2, -0.15) is 5.10 Å². The average Bonchev–Trinajstić information content (AvgIpc) is 3.03. The number of hydrogen-bond donors (Lipinski definition) is 3. The molecule has 3 rings (SSSR count). The van der Waals surface area contributed by atoms with Crippen LogP contribution in [0.2, 0.25) is 0 Å². The van der Waals surface area contributed by atoms with Crippen LogP contribution in [0, 0.1) is 0 Å². The van der Waals surface area contributed by atoms with Gasteiger partial charge < -0.3 is 10.6 Å². The van der Waals surface area contributed by atoms with E-state index in [2.05, 4.69) is 20.8 Å². The van der Waals surface area contributed by atoms with Crippen LogP contribution in [-0.2, 0) is 0 Å². The van der Waals surface area contributed by atoms with Crippen molar-refractivity contribution in [3.05, 3.63) is 59.8 Å². The highest BCUT2D eigenvalue weighted by atomic mass is 16.2. The quantitative estimate of drug-likeness (QED) is 0.692. The molecule has 0 aliphatic heterocycles. The second kappa shape index (κ2) is 6.31. The van der Waals surface area contributed by atoms with Gasteiger partial charge >= 0.3 is 0 Å². The summed E-state index contributed by atoms with van der Waals surface area (Å²) in [6.45, 7) is 2.41. The van der Waals surface area contributed by atoms with Crippen molar-refractivity contribution in [1.29, 1.82) is 0 Å². The van der Waals surface area contributed by atoms with E-state index in [-0.39, 0.29) is 11.8 Å². The number of H-pyrrole nitrogens is 1. The number of carbonyl (C=O) groups excluding carboxylic acids is 2. The van der Waals surface area contributed by atoms with E-state index in [0.717, 1.165) is 5.39 Å². The van der Waals surface area contributed by atoms with Crippen LogP contribution in [0.15, 0.2) is 48.7 Å². The summed E-state index contributed by atoms with van der Waals surface area (Å²) in [4.78, 5) is 24.3. The maximum atomic E-state index is 12.5. The summed E-state index contributed by atoms with van der Waals surface area (Å²) in [5, 5.41) is 13.2. The summed E-state index contributed by atoms with van der Waals surface area (Å²) in [5.41, 5.74) is 2.26. The molecule has 0 aliphatic carbocycles. The summed E-state index contributed by atoms with van der Waals surface area (Å²) in [5.74, 6) is -0.424. The first-order valence-corrected chi connectivity index (χ1v) is 7.30. The van der Waals surface area contributed by atoms with Gasteiger partial charge in [0.25, 0.3) is 11.8 Å². The van der Waals surface area contributed by atoms with Gasteiger partial charge in [0.1, 0.15) is 0 Å². The van der Waals surface area contributed by atoms with Crippen LogP contribution in [0.25, 0.3) is 10.9 Å². The molecule has 0 fully saturated rings. The number of rotatable bonds is 4. The molecule has 0 bridgehead atoms. The normalized spacial score (nSPS) is 10.5. The first kappa shape index (κ1) is 14.8. The number of anilines is 1. The lowest BCUT2D eigenvalue weighted by molar-refractivity contribution is 0.0954. The number of benzene rings is 2. The maximum absolute atomic E-state index is 12.5. The standard InChI is InChI=1S/C17H16N4O2/c1-2-18-16(22)11-5-3-7-13(9-11)20-17(23)14-8-4-6-12-10-19-21-15(12)14/h3-10H,2H2,1H3,(H,18,22)(H,19,21)(H,20,23). The Bertz CT molecular complexity index is 870. The van der Waals surface area contributed by atoms with Gasteiger partial charge in [-0.05, 0) is 31.2 Å². The van der Waals surface area contributed by atoms with Crippen LogP contribution in [0.5, 0.6) is 0 Å². The fraction of sp³-hybridized carbons (Fsp3) is 0.118. The number of aromatic amines is 1. The zero-order chi connectivity index (χ0) is 16.2. The van der Waals surface area contributed by atoms with Crippen LogP contribution in [-0.4, -0.2) is 28.6 Å². The minimum Gasteiger partial charge on any atom is -0.352 e. The number of hydrogen-bond acceptors (Lipinski definition) is 3. The van der Waals surface area contributed by atoms with E-state index >= 15 is 0 Å². The Balaban J connectivity index is 1.84. The van der Waals surface area contributed by atoms with E-state index in [1.807, 2.05) is 13.0 Å². The molecule has 1 heterocycles. The lowest BCUT2D eigenvalue weighted by Crippen LogP contribution is -2.22. The summed E-state index contributed by atoms with van der Waals surface area (Å²) in [7, 11) is 0. The van der Waals surface area contributed by atoms with E-state index in [1.165, 1.54) is 0 Å². The number of para-hydroxylation sites is 1. The summed E-state index contributed by atoms with van der Waals surface area (Å²) < 4.78 is 0. The molecule has 2 aromatic carbocycles. The molecule has 0 atom stereocenters. The van der Waals surface area contributed by atoms with E-state index in [1.54, 1.807) is 42.6 Å². The monoisotopic (exact) mass is 308 g/mol. The number of nitrogens with zero attached hydrogens (tertiary/aromatic N) is 1. The highest BCUT2D eigenvalue weighted by molar-refractivity contribution is 6.12. The van der Waals surface area contributed by atoms with Gasteiger partial charge in [0.2, 0.25) is 0 Å². The lowest BCUT2D eigenvalue weighted by atomic mass is 10.1. The minimum absolute atomic E-state index is 0.167. The van der Waals surface area contributed by atoms with Gasteiger partial charge in [-0.3, -0.25) is 14.7 Å². The third-order valence-electron chi connectivity index (χ3n) is 3.44. The molecule has 6 heteroatoms. The molecule has 0 saturated carbocycles. The fourth-order valence-corrected chi connectivity index (χ4v) is 2.36. The second-order valence-electron chi connectivity index (χ2n) is 5.03. The number of amides is 2. The van der Waals surface area contributed by atoms with Gasteiger partial charge in [0, 0.05) is 23.2 Å². The largest absolute Gasteiger partial charge is 0.352 e. The molecule has 2 amide bonds. The lowest BCUT2D eigenvalue weighted by Gasteiger charge is -2.08. The predicted molar refractivity (Wildman–Crippen MR) is 88.5 cm³/mol. The van der Waals surface area contributed by atoms with Crippen molar-refractivity contribution in [2.45, 2.75) is 6.92 Å². The van der Waals surface area contributed by atoms with Crippen molar-refractivity contribution in [3.8, 4) is 0 Å². The Labute approximate surface area is 132 Å². The van der Waals surface area contributed by atoms with Gasteiger partial charge in [-0.25, -0.2) is 0 Å².